The molecule has 2 amide bonds. The standard InChI is InChI=1S/C23H25BrN2O3S/c1-30-15-12-21(25-22(28)19-4-2-3-5-20(19)24)23(29)26-13-10-17(11-14-26)16-6-8-18(27)9-7-16/h2-10,21,27H,11-15H2,1H3,(H,25,28). The van der Waals surface area contributed by atoms with E-state index in [0.717, 1.165) is 23.3 Å². The van der Waals surface area contributed by atoms with Gasteiger partial charge in [-0.2, -0.15) is 11.8 Å². The zero-order chi connectivity index (χ0) is 21.5. The van der Waals surface area contributed by atoms with Crippen LogP contribution in [-0.4, -0.2) is 53.0 Å². The molecule has 0 saturated carbocycles. The predicted molar refractivity (Wildman–Crippen MR) is 126 cm³/mol. The van der Waals surface area contributed by atoms with Crippen molar-refractivity contribution in [1.82, 2.24) is 10.2 Å². The van der Waals surface area contributed by atoms with Crippen molar-refractivity contribution in [1.29, 1.82) is 0 Å². The Hall–Kier alpha value is -2.25. The molecule has 2 N–H and O–H groups in total. The van der Waals surface area contributed by atoms with E-state index in [0.29, 0.717) is 29.5 Å². The number of phenols is 1. The Morgan fingerprint density at radius 2 is 1.93 bits per heavy atom. The van der Waals surface area contributed by atoms with E-state index in [9.17, 15) is 14.7 Å². The normalized spacial score (nSPS) is 14.7. The van der Waals surface area contributed by atoms with Gasteiger partial charge in [0.2, 0.25) is 5.91 Å². The molecule has 30 heavy (non-hydrogen) atoms. The first-order valence-corrected chi connectivity index (χ1v) is 12.0. The van der Waals surface area contributed by atoms with Crippen LogP contribution in [0.2, 0.25) is 0 Å². The number of amides is 2. The van der Waals surface area contributed by atoms with Gasteiger partial charge < -0.3 is 15.3 Å². The van der Waals surface area contributed by atoms with Crippen LogP contribution in [0.4, 0.5) is 0 Å². The van der Waals surface area contributed by atoms with Crippen LogP contribution in [0, 0.1) is 0 Å². The summed E-state index contributed by atoms with van der Waals surface area (Å²) in [5, 5.41) is 12.4. The maximum atomic E-state index is 13.2. The number of hydrogen-bond acceptors (Lipinski definition) is 4. The molecule has 3 rings (SSSR count). The summed E-state index contributed by atoms with van der Waals surface area (Å²) in [5.41, 5.74) is 2.74. The summed E-state index contributed by atoms with van der Waals surface area (Å²) in [4.78, 5) is 27.7. The van der Waals surface area contributed by atoms with Crippen molar-refractivity contribution in [3.63, 3.8) is 0 Å². The SMILES string of the molecule is CSCCC(NC(=O)c1ccccc1Br)C(=O)N1CC=C(c2ccc(O)cc2)CC1. The molecule has 1 atom stereocenters. The van der Waals surface area contributed by atoms with Gasteiger partial charge in [-0.05, 0) is 76.2 Å². The highest BCUT2D eigenvalue weighted by Crippen LogP contribution is 2.24. The summed E-state index contributed by atoms with van der Waals surface area (Å²) in [6, 6.07) is 13.8. The number of nitrogens with one attached hydrogen (secondary N) is 1. The molecule has 1 heterocycles. The average Bonchev–Trinajstić information content (AvgIpc) is 2.77. The molecule has 1 aliphatic heterocycles. The Balaban J connectivity index is 1.68. The van der Waals surface area contributed by atoms with E-state index in [1.807, 2.05) is 30.5 Å². The first-order chi connectivity index (χ1) is 14.5. The first-order valence-electron chi connectivity index (χ1n) is 9.81. The molecule has 7 heteroatoms. The fourth-order valence-electron chi connectivity index (χ4n) is 3.40. The van der Waals surface area contributed by atoms with Gasteiger partial charge in [-0.3, -0.25) is 9.59 Å². The number of aromatic hydroxyl groups is 1. The number of phenolic OH excluding ortho intramolecular Hbond substituents is 1. The van der Waals surface area contributed by atoms with Crippen molar-refractivity contribution in [3.05, 3.63) is 70.2 Å². The van der Waals surface area contributed by atoms with Crippen LogP contribution in [0.5, 0.6) is 5.75 Å². The molecule has 0 saturated heterocycles. The van der Waals surface area contributed by atoms with Crippen LogP contribution >= 0.6 is 27.7 Å². The fraction of sp³-hybridized carbons (Fsp3) is 0.304. The second kappa shape index (κ2) is 10.7. The monoisotopic (exact) mass is 488 g/mol. The molecule has 0 fully saturated rings. The van der Waals surface area contributed by atoms with Gasteiger partial charge in [0, 0.05) is 17.6 Å². The van der Waals surface area contributed by atoms with Gasteiger partial charge in [-0.1, -0.05) is 30.3 Å². The van der Waals surface area contributed by atoms with Crippen molar-refractivity contribution in [2.75, 3.05) is 25.1 Å². The van der Waals surface area contributed by atoms with Crippen molar-refractivity contribution in [3.8, 4) is 5.75 Å². The van der Waals surface area contributed by atoms with Crippen molar-refractivity contribution in [2.45, 2.75) is 18.9 Å². The zero-order valence-corrected chi connectivity index (χ0v) is 19.2. The van der Waals surface area contributed by atoms with Gasteiger partial charge in [-0.25, -0.2) is 0 Å². The van der Waals surface area contributed by atoms with Gasteiger partial charge in [0.25, 0.3) is 5.91 Å². The summed E-state index contributed by atoms with van der Waals surface area (Å²) in [7, 11) is 0. The number of thioether (sulfide) groups is 1. The third-order valence-corrected chi connectivity index (χ3v) is 6.43. The lowest BCUT2D eigenvalue weighted by molar-refractivity contribution is -0.132. The van der Waals surface area contributed by atoms with Crippen molar-refractivity contribution < 1.29 is 14.7 Å². The molecule has 0 aromatic heterocycles. The van der Waals surface area contributed by atoms with Gasteiger partial charge in [-0.15, -0.1) is 0 Å². The predicted octanol–water partition coefficient (Wildman–Crippen LogP) is 4.32. The topological polar surface area (TPSA) is 69.6 Å². The highest BCUT2D eigenvalue weighted by Gasteiger charge is 2.27. The minimum Gasteiger partial charge on any atom is -0.508 e. The Morgan fingerprint density at radius 3 is 2.57 bits per heavy atom. The van der Waals surface area contributed by atoms with Crippen LogP contribution in [-0.2, 0) is 4.79 Å². The largest absolute Gasteiger partial charge is 0.508 e. The Morgan fingerprint density at radius 1 is 1.20 bits per heavy atom. The molecule has 0 spiro atoms. The van der Waals surface area contributed by atoms with E-state index >= 15 is 0 Å². The van der Waals surface area contributed by atoms with E-state index in [1.54, 1.807) is 40.9 Å². The van der Waals surface area contributed by atoms with Crippen molar-refractivity contribution >= 4 is 45.1 Å². The highest BCUT2D eigenvalue weighted by molar-refractivity contribution is 9.10. The van der Waals surface area contributed by atoms with Crippen LogP contribution < -0.4 is 5.32 Å². The van der Waals surface area contributed by atoms with E-state index in [4.69, 9.17) is 0 Å². The van der Waals surface area contributed by atoms with E-state index < -0.39 is 6.04 Å². The average molecular weight is 489 g/mol. The van der Waals surface area contributed by atoms with E-state index in [-0.39, 0.29) is 17.6 Å². The molecule has 0 aliphatic carbocycles. The lowest BCUT2D eigenvalue weighted by Gasteiger charge is -2.30. The first kappa shape index (κ1) is 22.4. The van der Waals surface area contributed by atoms with Crippen LogP contribution in [0.3, 0.4) is 0 Å². The minimum atomic E-state index is -0.555. The molecular formula is C23H25BrN2O3S. The Bertz CT molecular complexity index is 930. The second-order valence-corrected chi connectivity index (χ2v) is 8.94. The molecule has 5 nitrogen and oxygen atoms in total. The Kier molecular flexibility index (Phi) is 7.99. The molecule has 0 bridgehead atoms. The maximum Gasteiger partial charge on any atom is 0.253 e. The van der Waals surface area contributed by atoms with Gasteiger partial charge in [0.15, 0.2) is 0 Å². The summed E-state index contributed by atoms with van der Waals surface area (Å²) < 4.78 is 0.706. The quantitative estimate of drug-likeness (QED) is 0.608. The number of rotatable bonds is 7. The summed E-state index contributed by atoms with van der Waals surface area (Å²) in [6.07, 6.45) is 5.37. The maximum absolute atomic E-state index is 13.2. The third kappa shape index (κ3) is 5.67. The summed E-state index contributed by atoms with van der Waals surface area (Å²) >= 11 is 5.06. The van der Waals surface area contributed by atoms with Crippen LogP contribution in [0.15, 0.2) is 59.1 Å². The molecule has 1 unspecified atom stereocenters. The molecule has 158 valence electrons. The van der Waals surface area contributed by atoms with E-state index in [1.165, 1.54) is 0 Å². The lowest BCUT2D eigenvalue weighted by atomic mass is 9.99. The van der Waals surface area contributed by atoms with Gasteiger partial charge in [0.05, 0.1) is 5.56 Å². The summed E-state index contributed by atoms with van der Waals surface area (Å²) in [5.74, 6) is 0.726. The van der Waals surface area contributed by atoms with Gasteiger partial charge in [0.1, 0.15) is 11.8 Å². The minimum absolute atomic E-state index is 0.0505. The van der Waals surface area contributed by atoms with Crippen LogP contribution in [0.1, 0.15) is 28.8 Å². The van der Waals surface area contributed by atoms with Crippen molar-refractivity contribution in [2.24, 2.45) is 0 Å². The molecule has 2 aromatic rings. The number of carbonyl (C=O) groups excluding carboxylic acids is 2. The van der Waals surface area contributed by atoms with Gasteiger partial charge >= 0.3 is 0 Å². The molecule has 2 aromatic carbocycles. The third-order valence-electron chi connectivity index (χ3n) is 5.09. The molecule has 1 aliphatic rings. The number of carbonyl (C=O) groups is 2. The summed E-state index contributed by atoms with van der Waals surface area (Å²) in [6.45, 7) is 1.11. The fourth-order valence-corrected chi connectivity index (χ4v) is 4.34. The molecular weight excluding hydrogens is 464 g/mol. The number of nitrogens with zero attached hydrogens (tertiary/aromatic N) is 1. The van der Waals surface area contributed by atoms with E-state index in [2.05, 4.69) is 27.3 Å². The highest BCUT2D eigenvalue weighted by atomic mass is 79.9. The zero-order valence-electron chi connectivity index (χ0n) is 16.8. The number of benzene rings is 2. The molecule has 0 radical (unpaired) electrons. The number of halogens is 1. The second-order valence-electron chi connectivity index (χ2n) is 7.10. The Labute approximate surface area is 189 Å². The smallest absolute Gasteiger partial charge is 0.253 e. The van der Waals surface area contributed by atoms with Crippen LogP contribution in [0.25, 0.3) is 5.57 Å². The lowest BCUT2D eigenvalue weighted by Crippen LogP contribution is -2.50. The number of hydrogen-bond donors (Lipinski definition) is 2.